The highest BCUT2D eigenvalue weighted by atomic mass is 127. The van der Waals surface area contributed by atoms with Crippen LogP contribution in [0.4, 0.5) is 13.2 Å². The lowest BCUT2D eigenvalue weighted by Crippen LogP contribution is -2.05. The van der Waals surface area contributed by atoms with Crippen LogP contribution >= 0.6 is 33.3 Å². The largest absolute Gasteiger partial charge is 0.266 e. The normalized spacial score (nSPS) is 12.1. The van der Waals surface area contributed by atoms with Crippen LogP contribution in [0.5, 0.6) is 0 Å². The van der Waals surface area contributed by atoms with Crippen molar-refractivity contribution in [3.05, 3.63) is 21.3 Å². The molecule has 15 heavy (non-hydrogen) atoms. The highest BCUT2D eigenvalue weighted by Gasteiger charge is 2.27. The molecule has 84 valence electrons. The van der Waals surface area contributed by atoms with E-state index in [2.05, 4.69) is 4.98 Å². The van der Waals surface area contributed by atoms with Crippen molar-refractivity contribution in [3.63, 3.8) is 0 Å². The van der Waals surface area contributed by atoms with Crippen LogP contribution in [0.25, 0.3) is 0 Å². The zero-order valence-electron chi connectivity index (χ0n) is 6.72. The summed E-state index contributed by atoms with van der Waals surface area (Å²) in [4.78, 5) is 2.15. The zero-order valence-corrected chi connectivity index (χ0v) is 10.4. The van der Waals surface area contributed by atoms with E-state index < -0.39 is 35.5 Å². The van der Waals surface area contributed by atoms with Crippen molar-refractivity contribution in [1.82, 2.24) is 4.98 Å². The number of rotatable bonds is 2. The van der Waals surface area contributed by atoms with E-state index in [4.69, 9.17) is 10.7 Å². The monoisotopic (exact) mass is 371 g/mol. The molecule has 0 aromatic carbocycles. The van der Waals surface area contributed by atoms with Gasteiger partial charge in [-0.05, 0) is 22.6 Å². The number of hydrogen-bond donors (Lipinski definition) is 0. The molecule has 0 amide bonds. The zero-order chi connectivity index (χ0) is 11.8. The fourth-order valence-electron chi connectivity index (χ4n) is 0.858. The third-order valence-electron chi connectivity index (χ3n) is 1.46. The fourth-order valence-corrected chi connectivity index (χ4v) is 2.71. The second-order valence-electron chi connectivity index (χ2n) is 2.38. The summed E-state index contributed by atoms with van der Waals surface area (Å²) < 4.78 is 59.0. The molecule has 1 aromatic heterocycles. The van der Waals surface area contributed by atoms with E-state index in [1.807, 2.05) is 0 Å². The number of hydrogen-bond acceptors (Lipinski definition) is 3. The Bertz CT molecular complexity index is 493. The number of pyridine rings is 1. The maximum Gasteiger partial charge on any atom is 0.266 e. The third-order valence-corrected chi connectivity index (χ3v) is 3.83. The van der Waals surface area contributed by atoms with Crippen LogP contribution in [0.15, 0.2) is 11.1 Å². The molecule has 0 spiro atoms. The minimum atomic E-state index is -4.36. The van der Waals surface area contributed by atoms with Gasteiger partial charge in [-0.1, -0.05) is 0 Å². The summed E-state index contributed by atoms with van der Waals surface area (Å²) in [5, 5.41) is 0. The molecule has 0 saturated heterocycles. The smallest absolute Gasteiger partial charge is 0.226 e. The maximum atomic E-state index is 12.8. The Morgan fingerprint density at radius 2 is 2.00 bits per heavy atom. The molecular weight excluding hydrogens is 369 g/mol. The average molecular weight is 372 g/mol. The number of aromatic nitrogens is 1. The van der Waals surface area contributed by atoms with Crippen molar-refractivity contribution in [2.24, 2.45) is 0 Å². The Kier molecular flexibility index (Phi) is 3.82. The molecule has 0 radical (unpaired) electrons. The van der Waals surface area contributed by atoms with Crippen LogP contribution in [0, 0.1) is 9.52 Å². The molecule has 0 aliphatic heterocycles. The van der Waals surface area contributed by atoms with Crippen molar-refractivity contribution in [1.29, 1.82) is 0 Å². The van der Waals surface area contributed by atoms with Crippen LogP contribution in [0.1, 0.15) is 12.0 Å². The minimum absolute atomic E-state index is 0.474. The van der Waals surface area contributed by atoms with Crippen LogP contribution in [-0.2, 0) is 9.05 Å². The first kappa shape index (κ1) is 13.0. The Hall–Kier alpha value is -0.0900. The lowest BCUT2D eigenvalue weighted by Gasteiger charge is -2.07. The first-order chi connectivity index (χ1) is 6.75. The van der Waals surface area contributed by atoms with Crippen LogP contribution < -0.4 is 0 Å². The van der Waals surface area contributed by atoms with Gasteiger partial charge in [0.25, 0.3) is 15.5 Å². The molecule has 0 saturated carbocycles. The number of alkyl halides is 2. The molecule has 0 aliphatic rings. The quantitative estimate of drug-likeness (QED) is 0.456. The van der Waals surface area contributed by atoms with Crippen LogP contribution in [0.2, 0.25) is 0 Å². The molecule has 1 heterocycles. The van der Waals surface area contributed by atoms with E-state index in [0.717, 1.165) is 0 Å². The lowest BCUT2D eigenvalue weighted by molar-refractivity contribution is 0.146. The molecule has 0 unspecified atom stereocenters. The van der Waals surface area contributed by atoms with Gasteiger partial charge >= 0.3 is 0 Å². The number of nitrogens with zero attached hydrogens (tertiary/aromatic N) is 1. The fraction of sp³-hybridized carbons (Fsp3) is 0.167. The molecule has 1 aromatic rings. The first-order valence-electron chi connectivity index (χ1n) is 3.32. The Morgan fingerprint density at radius 1 is 1.47 bits per heavy atom. The van der Waals surface area contributed by atoms with Crippen molar-refractivity contribution >= 4 is 42.3 Å². The molecule has 1 rings (SSSR count). The lowest BCUT2D eigenvalue weighted by atomic mass is 10.3. The summed E-state index contributed by atoms with van der Waals surface area (Å²) in [5.41, 5.74) is -0.960. The summed E-state index contributed by atoms with van der Waals surface area (Å²) in [7, 11) is 0.546. The van der Waals surface area contributed by atoms with Crippen LogP contribution in [-0.4, -0.2) is 13.4 Å². The summed E-state index contributed by atoms with van der Waals surface area (Å²) in [6.07, 6.45) is -2.67. The molecule has 0 N–H and O–H groups in total. The second-order valence-corrected chi connectivity index (χ2v) is 5.99. The van der Waals surface area contributed by atoms with Crippen molar-refractivity contribution in [2.45, 2.75) is 11.3 Å². The molecule has 0 aliphatic carbocycles. The SMILES string of the molecule is O=S(=O)(Cl)c1cnc(F)c(I)c1C(F)F. The third kappa shape index (κ3) is 2.72. The maximum absolute atomic E-state index is 12.8. The second kappa shape index (κ2) is 4.42. The van der Waals surface area contributed by atoms with E-state index in [0.29, 0.717) is 6.20 Å². The van der Waals surface area contributed by atoms with Gasteiger partial charge in [-0.3, -0.25) is 0 Å². The molecular formula is C6H2ClF3INO2S. The van der Waals surface area contributed by atoms with E-state index >= 15 is 0 Å². The van der Waals surface area contributed by atoms with Crippen LogP contribution in [0.3, 0.4) is 0 Å². The highest BCUT2D eigenvalue weighted by Crippen LogP contribution is 2.32. The van der Waals surface area contributed by atoms with Gasteiger partial charge in [0, 0.05) is 10.7 Å². The Labute approximate surface area is 101 Å². The Balaban J connectivity index is 3.62. The van der Waals surface area contributed by atoms with Gasteiger partial charge in [0.05, 0.1) is 15.3 Å². The first-order valence-corrected chi connectivity index (χ1v) is 6.70. The summed E-state index contributed by atoms with van der Waals surface area (Å²) in [6, 6.07) is 0. The Morgan fingerprint density at radius 3 is 2.40 bits per heavy atom. The summed E-state index contributed by atoms with van der Waals surface area (Å²) in [6.45, 7) is 0. The minimum Gasteiger partial charge on any atom is -0.226 e. The molecule has 3 nitrogen and oxygen atoms in total. The van der Waals surface area contributed by atoms with Gasteiger partial charge in [-0.25, -0.2) is 22.2 Å². The molecule has 9 heteroatoms. The predicted octanol–water partition coefficient (Wildman–Crippen LogP) is 2.69. The van der Waals surface area contributed by atoms with E-state index in [1.54, 1.807) is 0 Å². The average Bonchev–Trinajstić information content (AvgIpc) is 2.06. The molecule has 0 atom stereocenters. The van der Waals surface area contributed by atoms with E-state index in [9.17, 15) is 21.6 Å². The van der Waals surface area contributed by atoms with E-state index in [1.165, 1.54) is 22.6 Å². The summed E-state index contributed by atoms with van der Waals surface area (Å²) >= 11 is 1.25. The molecule has 0 fully saturated rings. The number of halogens is 5. The summed E-state index contributed by atoms with van der Waals surface area (Å²) in [5.74, 6) is -1.16. The van der Waals surface area contributed by atoms with Gasteiger partial charge in [-0.15, -0.1) is 0 Å². The standard InChI is InChI=1S/C6H2ClF3INO2S/c7-15(13,14)2-1-12-6(10)4(11)3(2)5(8)9/h1,5H. The van der Waals surface area contributed by atoms with E-state index in [-0.39, 0.29) is 0 Å². The van der Waals surface area contributed by atoms with Gasteiger partial charge < -0.3 is 0 Å². The van der Waals surface area contributed by atoms with Crippen molar-refractivity contribution in [3.8, 4) is 0 Å². The highest BCUT2D eigenvalue weighted by molar-refractivity contribution is 14.1. The van der Waals surface area contributed by atoms with Gasteiger partial charge in [0.2, 0.25) is 5.95 Å². The van der Waals surface area contributed by atoms with Gasteiger partial charge in [0.1, 0.15) is 4.90 Å². The topological polar surface area (TPSA) is 47.0 Å². The van der Waals surface area contributed by atoms with Gasteiger partial charge in [-0.2, -0.15) is 4.39 Å². The van der Waals surface area contributed by atoms with Crippen molar-refractivity contribution in [2.75, 3.05) is 0 Å². The van der Waals surface area contributed by atoms with Gasteiger partial charge in [0.15, 0.2) is 0 Å². The van der Waals surface area contributed by atoms with Crippen molar-refractivity contribution < 1.29 is 21.6 Å². The molecule has 0 bridgehead atoms. The predicted molar refractivity (Wildman–Crippen MR) is 54.9 cm³/mol.